The average molecular weight is 291 g/mol. The number of hydrogen-bond donors (Lipinski definition) is 0. The second-order valence-electron chi connectivity index (χ2n) is 5.48. The molecule has 0 spiro atoms. The summed E-state index contributed by atoms with van der Waals surface area (Å²) >= 11 is 5.82. The van der Waals surface area contributed by atoms with Gasteiger partial charge in [0.2, 0.25) is 11.2 Å². The SMILES string of the molecule is CCC(C)(C)c1ccc(Oc2cc(C)nc(Cl)n2)cc1. The molecule has 3 nitrogen and oxygen atoms in total. The summed E-state index contributed by atoms with van der Waals surface area (Å²) in [6, 6.07) is 9.86. The van der Waals surface area contributed by atoms with Crippen molar-refractivity contribution in [3.05, 3.63) is 46.9 Å². The zero-order valence-electron chi connectivity index (χ0n) is 12.3. The van der Waals surface area contributed by atoms with E-state index >= 15 is 0 Å². The van der Waals surface area contributed by atoms with Gasteiger partial charge >= 0.3 is 0 Å². The van der Waals surface area contributed by atoms with Gasteiger partial charge < -0.3 is 4.74 Å². The van der Waals surface area contributed by atoms with Gasteiger partial charge in [-0.15, -0.1) is 0 Å². The molecule has 1 aromatic carbocycles. The third kappa shape index (κ3) is 3.48. The summed E-state index contributed by atoms with van der Waals surface area (Å²) in [6.07, 6.45) is 1.09. The van der Waals surface area contributed by atoms with E-state index in [4.69, 9.17) is 16.3 Å². The van der Waals surface area contributed by atoms with E-state index in [2.05, 4.69) is 42.9 Å². The van der Waals surface area contributed by atoms with Crippen LogP contribution in [0.15, 0.2) is 30.3 Å². The van der Waals surface area contributed by atoms with Gasteiger partial charge in [-0.2, -0.15) is 4.98 Å². The first kappa shape index (κ1) is 14.8. The Labute approximate surface area is 125 Å². The third-order valence-corrected chi connectivity index (χ3v) is 3.71. The zero-order chi connectivity index (χ0) is 14.8. The van der Waals surface area contributed by atoms with Gasteiger partial charge in [0.15, 0.2) is 0 Å². The molecule has 0 saturated carbocycles. The summed E-state index contributed by atoms with van der Waals surface area (Å²) in [5.41, 5.74) is 2.25. The van der Waals surface area contributed by atoms with Crippen molar-refractivity contribution in [2.45, 2.75) is 39.5 Å². The summed E-state index contributed by atoms with van der Waals surface area (Å²) in [7, 11) is 0. The Morgan fingerprint density at radius 1 is 1.15 bits per heavy atom. The molecule has 0 aliphatic rings. The van der Waals surface area contributed by atoms with Crippen molar-refractivity contribution in [3.8, 4) is 11.6 Å². The molecule has 0 aliphatic heterocycles. The highest BCUT2D eigenvalue weighted by Gasteiger charge is 2.17. The van der Waals surface area contributed by atoms with Gasteiger partial charge in [0.05, 0.1) is 0 Å². The van der Waals surface area contributed by atoms with E-state index in [0.717, 1.165) is 17.9 Å². The van der Waals surface area contributed by atoms with Crippen LogP contribution >= 0.6 is 11.6 Å². The van der Waals surface area contributed by atoms with Crippen LogP contribution in [0.1, 0.15) is 38.4 Å². The van der Waals surface area contributed by atoms with Crippen LogP contribution in [-0.2, 0) is 5.41 Å². The number of ether oxygens (including phenoxy) is 1. The minimum atomic E-state index is 0.174. The summed E-state index contributed by atoms with van der Waals surface area (Å²) in [5, 5.41) is 0.198. The van der Waals surface area contributed by atoms with E-state index in [-0.39, 0.29) is 10.7 Å². The highest BCUT2D eigenvalue weighted by molar-refractivity contribution is 6.28. The molecule has 4 heteroatoms. The fraction of sp³-hybridized carbons (Fsp3) is 0.375. The van der Waals surface area contributed by atoms with Crippen molar-refractivity contribution >= 4 is 11.6 Å². The summed E-state index contributed by atoms with van der Waals surface area (Å²) in [5.74, 6) is 1.21. The molecule has 20 heavy (non-hydrogen) atoms. The standard InChI is InChI=1S/C16H19ClN2O/c1-5-16(3,4)12-6-8-13(9-7-12)20-14-10-11(2)18-15(17)19-14/h6-10H,5H2,1-4H3. The first-order chi connectivity index (χ1) is 9.40. The van der Waals surface area contributed by atoms with E-state index in [1.165, 1.54) is 5.56 Å². The quantitative estimate of drug-likeness (QED) is 0.750. The third-order valence-electron chi connectivity index (χ3n) is 3.55. The molecular formula is C16H19ClN2O. The Kier molecular flexibility index (Phi) is 4.29. The maximum absolute atomic E-state index is 5.82. The monoisotopic (exact) mass is 290 g/mol. The van der Waals surface area contributed by atoms with Crippen molar-refractivity contribution in [1.29, 1.82) is 0 Å². The Hall–Kier alpha value is -1.61. The van der Waals surface area contributed by atoms with Crippen LogP contribution < -0.4 is 4.74 Å². The molecule has 0 unspecified atom stereocenters. The summed E-state index contributed by atoms with van der Waals surface area (Å²) in [4.78, 5) is 8.06. The predicted octanol–water partition coefficient (Wildman–Crippen LogP) is 4.92. The number of nitrogens with zero attached hydrogens (tertiary/aromatic N) is 2. The van der Waals surface area contributed by atoms with E-state index in [9.17, 15) is 0 Å². The van der Waals surface area contributed by atoms with Gasteiger partial charge in [-0.3, -0.25) is 0 Å². The van der Waals surface area contributed by atoms with E-state index in [1.54, 1.807) is 6.07 Å². The minimum Gasteiger partial charge on any atom is -0.439 e. The lowest BCUT2D eigenvalue weighted by atomic mass is 9.82. The maximum Gasteiger partial charge on any atom is 0.225 e. The molecule has 2 aromatic rings. The first-order valence-electron chi connectivity index (χ1n) is 6.70. The lowest BCUT2D eigenvalue weighted by Gasteiger charge is -2.23. The van der Waals surface area contributed by atoms with Crippen LogP contribution in [0.3, 0.4) is 0 Å². The molecule has 0 saturated heterocycles. The number of hydrogen-bond acceptors (Lipinski definition) is 3. The fourth-order valence-corrected chi connectivity index (χ4v) is 2.07. The number of rotatable bonds is 4. The molecule has 1 aromatic heterocycles. The van der Waals surface area contributed by atoms with Gasteiger partial charge in [0.1, 0.15) is 5.75 Å². The van der Waals surface area contributed by atoms with Gasteiger partial charge in [-0.1, -0.05) is 32.9 Å². The van der Waals surface area contributed by atoms with Gasteiger partial charge in [0, 0.05) is 11.8 Å². The molecule has 0 atom stereocenters. The molecule has 0 aliphatic carbocycles. The summed E-state index contributed by atoms with van der Waals surface area (Å²) in [6.45, 7) is 8.51. The maximum atomic E-state index is 5.82. The van der Waals surface area contributed by atoms with Crippen molar-refractivity contribution in [1.82, 2.24) is 9.97 Å². The number of aromatic nitrogens is 2. The molecule has 1 heterocycles. The number of benzene rings is 1. The van der Waals surface area contributed by atoms with Gasteiger partial charge in [-0.25, -0.2) is 4.98 Å². The topological polar surface area (TPSA) is 35.0 Å². The second kappa shape index (κ2) is 5.80. The Balaban J connectivity index is 2.19. The van der Waals surface area contributed by atoms with Crippen LogP contribution in [0.4, 0.5) is 0 Å². The van der Waals surface area contributed by atoms with E-state index in [0.29, 0.717) is 5.88 Å². The van der Waals surface area contributed by atoms with Crippen LogP contribution in [-0.4, -0.2) is 9.97 Å². The van der Waals surface area contributed by atoms with Crippen molar-refractivity contribution in [3.63, 3.8) is 0 Å². The Morgan fingerprint density at radius 3 is 2.35 bits per heavy atom. The molecular weight excluding hydrogens is 272 g/mol. The van der Waals surface area contributed by atoms with Crippen LogP contribution in [0, 0.1) is 6.92 Å². The van der Waals surface area contributed by atoms with Gasteiger partial charge in [0.25, 0.3) is 0 Å². The smallest absolute Gasteiger partial charge is 0.225 e. The fourth-order valence-electron chi connectivity index (χ4n) is 1.86. The van der Waals surface area contributed by atoms with E-state index < -0.39 is 0 Å². The Morgan fingerprint density at radius 2 is 1.80 bits per heavy atom. The lowest BCUT2D eigenvalue weighted by Crippen LogP contribution is -2.14. The largest absolute Gasteiger partial charge is 0.439 e. The lowest BCUT2D eigenvalue weighted by molar-refractivity contribution is 0.458. The molecule has 0 radical (unpaired) electrons. The van der Waals surface area contributed by atoms with Crippen molar-refractivity contribution < 1.29 is 4.74 Å². The predicted molar refractivity (Wildman–Crippen MR) is 81.6 cm³/mol. The molecule has 0 fully saturated rings. The molecule has 0 N–H and O–H groups in total. The Bertz CT molecular complexity index is 574. The van der Waals surface area contributed by atoms with Crippen molar-refractivity contribution in [2.24, 2.45) is 0 Å². The first-order valence-corrected chi connectivity index (χ1v) is 7.08. The zero-order valence-corrected chi connectivity index (χ0v) is 13.0. The van der Waals surface area contributed by atoms with Crippen molar-refractivity contribution in [2.75, 3.05) is 0 Å². The highest BCUT2D eigenvalue weighted by Crippen LogP contribution is 2.29. The van der Waals surface area contributed by atoms with Crippen LogP contribution in [0.5, 0.6) is 11.6 Å². The number of aryl methyl sites for hydroxylation is 1. The summed E-state index contributed by atoms with van der Waals surface area (Å²) < 4.78 is 5.71. The molecule has 0 bridgehead atoms. The van der Waals surface area contributed by atoms with Gasteiger partial charge in [-0.05, 0) is 48.1 Å². The number of halogens is 1. The minimum absolute atomic E-state index is 0.174. The second-order valence-corrected chi connectivity index (χ2v) is 5.82. The van der Waals surface area contributed by atoms with E-state index in [1.807, 2.05) is 19.1 Å². The highest BCUT2D eigenvalue weighted by atomic mass is 35.5. The molecule has 2 rings (SSSR count). The van der Waals surface area contributed by atoms with Crippen LogP contribution in [0.25, 0.3) is 0 Å². The normalized spacial score (nSPS) is 11.4. The van der Waals surface area contributed by atoms with Crippen LogP contribution in [0.2, 0.25) is 5.28 Å². The average Bonchev–Trinajstić information content (AvgIpc) is 2.38. The molecule has 0 amide bonds. The molecule has 106 valence electrons.